The molecule has 2 aromatic heterocycles. The number of furan rings is 1. The number of carbonyl (C=O) groups excluding carboxylic acids is 1. The molecular weight excluding hydrogens is 266 g/mol. The molecule has 0 aliphatic heterocycles. The summed E-state index contributed by atoms with van der Waals surface area (Å²) >= 11 is 0. The molecule has 0 aliphatic carbocycles. The van der Waals surface area contributed by atoms with Crippen molar-refractivity contribution in [3.63, 3.8) is 0 Å². The molecule has 2 heterocycles. The highest BCUT2D eigenvalue weighted by atomic mass is 16.4. The molecule has 0 radical (unpaired) electrons. The average Bonchev–Trinajstić information content (AvgIpc) is 2.97. The Kier molecular flexibility index (Phi) is 4.21. The van der Waals surface area contributed by atoms with Crippen LogP contribution in [0.2, 0.25) is 0 Å². The van der Waals surface area contributed by atoms with E-state index < -0.39 is 0 Å². The first-order chi connectivity index (χ1) is 9.77. The van der Waals surface area contributed by atoms with Gasteiger partial charge in [-0.2, -0.15) is 5.10 Å². The molecule has 0 aromatic carbocycles. The van der Waals surface area contributed by atoms with E-state index >= 15 is 0 Å². The van der Waals surface area contributed by atoms with Gasteiger partial charge >= 0.3 is 0 Å². The second-order valence-electron chi connectivity index (χ2n) is 6.48. The predicted octanol–water partition coefficient (Wildman–Crippen LogP) is 2.90. The first-order valence-electron chi connectivity index (χ1n) is 7.16. The third-order valence-electron chi connectivity index (χ3n) is 3.26. The van der Waals surface area contributed by atoms with Crippen molar-refractivity contribution in [2.45, 2.75) is 52.6 Å². The number of rotatable bonds is 4. The Bertz CT molecular complexity index is 606. The van der Waals surface area contributed by atoms with Gasteiger partial charge in [0.15, 0.2) is 5.76 Å². The topological polar surface area (TPSA) is 60.1 Å². The minimum atomic E-state index is -0.178. The quantitative estimate of drug-likeness (QED) is 0.941. The van der Waals surface area contributed by atoms with E-state index in [1.807, 2.05) is 32.2 Å². The van der Waals surface area contributed by atoms with Crippen molar-refractivity contribution in [3.05, 3.63) is 41.6 Å². The van der Waals surface area contributed by atoms with Crippen molar-refractivity contribution in [2.24, 2.45) is 0 Å². The Balaban J connectivity index is 2.05. The number of hydrogen-bond donors (Lipinski definition) is 1. The van der Waals surface area contributed by atoms with E-state index in [1.54, 1.807) is 10.9 Å². The van der Waals surface area contributed by atoms with Crippen molar-refractivity contribution in [1.29, 1.82) is 0 Å². The molecule has 0 saturated heterocycles. The second-order valence-corrected chi connectivity index (χ2v) is 6.48. The van der Waals surface area contributed by atoms with E-state index in [-0.39, 0.29) is 17.4 Å². The molecule has 1 amide bonds. The van der Waals surface area contributed by atoms with Gasteiger partial charge in [-0.25, -0.2) is 0 Å². The summed E-state index contributed by atoms with van der Waals surface area (Å²) in [5.41, 5.74) is 0.757. The molecule has 5 nitrogen and oxygen atoms in total. The first-order valence-corrected chi connectivity index (χ1v) is 7.16. The first kappa shape index (κ1) is 15.4. The van der Waals surface area contributed by atoms with E-state index in [4.69, 9.17) is 4.42 Å². The molecule has 114 valence electrons. The monoisotopic (exact) mass is 289 g/mol. The van der Waals surface area contributed by atoms with Crippen molar-refractivity contribution >= 4 is 5.91 Å². The Labute approximate surface area is 125 Å². The van der Waals surface area contributed by atoms with Crippen LogP contribution < -0.4 is 5.32 Å². The van der Waals surface area contributed by atoms with Gasteiger partial charge < -0.3 is 9.73 Å². The number of hydrogen-bond acceptors (Lipinski definition) is 3. The van der Waals surface area contributed by atoms with E-state index in [2.05, 4.69) is 31.2 Å². The fourth-order valence-electron chi connectivity index (χ4n) is 2.10. The molecular formula is C16H23N3O2. The van der Waals surface area contributed by atoms with Crippen LogP contribution in [0.3, 0.4) is 0 Å². The minimum absolute atomic E-state index is 0.0278. The molecule has 0 saturated carbocycles. The van der Waals surface area contributed by atoms with Gasteiger partial charge in [0.05, 0.1) is 6.54 Å². The van der Waals surface area contributed by atoms with Crippen molar-refractivity contribution in [3.8, 4) is 0 Å². The molecule has 1 N–H and O–H groups in total. The number of carbonyl (C=O) groups is 1. The van der Waals surface area contributed by atoms with Crippen LogP contribution in [0.15, 0.2) is 28.9 Å². The zero-order chi connectivity index (χ0) is 15.6. The number of amides is 1. The fourth-order valence-corrected chi connectivity index (χ4v) is 2.10. The highest BCUT2D eigenvalue weighted by molar-refractivity contribution is 5.93. The van der Waals surface area contributed by atoms with Crippen LogP contribution in [0.5, 0.6) is 0 Å². The molecule has 2 rings (SSSR count). The highest BCUT2D eigenvalue weighted by Gasteiger charge is 2.23. The van der Waals surface area contributed by atoms with Crippen LogP contribution in [0.1, 0.15) is 49.6 Å². The van der Waals surface area contributed by atoms with Gasteiger partial charge in [-0.15, -0.1) is 0 Å². The van der Waals surface area contributed by atoms with Gasteiger partial charge in [0.2, 0.25) is 0 Å². The normalized spacial score (nSPS) is 13.2. The van der Waals surface area contributed by atoms with Gasteiger partial charge in [0.1, 0.15) is 5.76 Å². The van der Waals surface area contributed by atoms with Gasteiger partial charge in [-0.1, -0.05) is 20.8 Å². The third kappa shape index (κ3) is 3.74. The minimum Gasteiger partial charge on any atom is -0.455 e. The molecule has 0 bridgehead atoms. The summed E-state index contributed by atoms with van der Waals surface area (Å²) in [7, 11) is 0. The molecule has 5 heteroatoms. The van der Waals surface area contributed by atoms with Crippen LogP contribution in [0.25, 0.3) is 0 Å². The van der Waals surface area contributed by atoms with Gasteiger partial charge in [-0.05, 0) is 26.0 Å². The Morgan fingerprint density at radius 1 is 1.48 bits per heavy atom. The molecule has 1 atom stereocenters. The summed E-state index contributed by atoms with van der Waals surface area (Å²) in [4.78, 5) is 12.3. The molecule has 0 fully saturated rings. The predicted molar refractivity (Wildman–Crippen MR) is 81.3 cm³/mol. The lowest BCUT2D eigenvalue weighted by Crippen LogP contribution is -2.35. The standard InChI is InChI=1S/C16H23N3O2/c1-11-9-13(16(3,4)5)21-14(11)15(20)18-12(2)10-19-8-6-7-17-19/h6-9,12H,10H2,1-5H3,(H,18,20). The largest absolute Gasteiger partial charge is 0.455 e. The lowest BCUT2D eigenvalue weighted by molar-refractivity contribution is 0.0903. The second kappa shape index (κ2) is 5.76. The fraction of sp³-hybridized carbons (Fsp3) is 0.500. The van der Waals surface area contributed by atoms with E-state index in [0.29, 0.717) is 12.3 Å². The summed E-state index contributed by atoms with van der Waals surface area (Å²) < 4.78 is 7.53. The summed E-state index contributed by atoms with van der Waals surface area (Å²) in [6.45, 7) is 10.7. The molecule has 1 unspecified atom stereocenters. The lowest BCUT2D eigenvalue weighted by atomic mass is 9.93. The van der Waals surface area contributed by atoms with E-state index in [9.17, 15) is 4.79 Å². The molecule has 2 aromatic rings. The van der Waals surface area contributed by atoms with E-state index in [0.717, 1.165) is 11.3 Å². The Morgan fingerprint density at radius 3 is 2.71 bits per heavy atom. The van der Waals surface area contributed by atoms with Gasteiger partial charge in [0, 0.05) is 29.4 Å². The number of nitrogens with zero attached hydrogens (tertiary/aromatic N) is 2. The molecule has 21 heavy (non-hydrogen) atoms. The SMILES string of the molecule is Cc1cc(C(C)(C)C)oc1C(=O)NC(C)Cn1cccn1. The molecule has 0 aliphatic rings. The summed E-state index contributed by atoms with van der Waals surface area (Å²) in [6, 6.07) is 3.77. The third-order valence-corrected chi connectivity index (χ3v) is 3.26. The summed E-state index contributed by atoms with van der Waals surface area (Å²) in [6.07, 6.45) is 3.60. The zero-order valence-electron chi connectivity index (χ0n) is 13.3. The average molecular weight is 289 g/mol. The van der Waals surface area contributed by atoms with Crippen LogP contribution >= 0.6 is 0 Å². The van der Waals surface area contributed by atoms with Crippen molar-refractivity contribution in [1.82, 2.24) is 15.1 Å². The van der Waals surface area contributed by atoms with Crippen LogP contribution in [-0.2, 0) is 12.0 Å². The maximum absolute atomic E-state index is 12.3. The van der Waals surface area contributed by atoms with Crippen molar-refractivity contribution in [2.75, 3.05) is 0 Å². The van der Waals surface area contributed by atoms with Gasteiger partial charge in [0.25, 0.3) is 5.91 Å². The summed E-state index contributed by atoms with van der Waals surface area (Å²) in [5, 5.41) is 7.08. The lowest BCUT2D eigenvalue weighted by Gasteiger charge is -2.15. The number of aryl methyl sites for hydroxylation is 1. The maximum atomic E-state index is 12.3. The number of aromatic nitrogens is 2. The van der Waals surface area contributed by atoms with Crippen LogP contribution in [-0.4, -0.2) is 21.7 Å². The Morgan fingerprint density at radius 2 is 2.19 bits per heavy atom. The van der Waals surface area contributed by atoms with Crippen molar-refractivity contribution < 1.29 is 9.21 Å². The zero-order valence-corrected chi connectivity index (χ0v) is 13.3. The molecule has 0 spiro atoms. The van der Waals surface area contributed by atoms with Crippen LogP contribution in [0.4, 0.5) is 0 Å². The number of nitrogens with one attached hydrogen (secondary N) is 1. The summed E-state index contributed by atoms with van der Waals surface area (Å²) in [5.74, 6) is 1.04. The maximum Gasteiger partial charge on any atom is 0.287 e. The van der Waals surface area contributed by atoms with Crippen LogP contribution in [0, 0.1) is 6.92 Å². The van der Waals surface area contributed by atoms with E-state index in [1.165, 1.54) is 0 Å². The smallest absolute Gasteiger partial charge is 0.287 e. The Hall–Kier alpha value is -2.04. The highest BCUT2D eigenvalue weighted by Crippen LogP contribution is 2.26. The van der Waals surface area contributed by atoms with Gasteiger partial charge in [-0.3, -0.25) is 9.48 Å².